The second kappa shape index (κ2) is 6.90. The van der Waals surface area contributed by atoms with E-state index in [1.807, 2.05) is 13.8 Å². The van der Waals surface area contributed by atoms with Crippen LogP contribution in [-0.4, -0.2) is 18.9 Å². The van der Waals surface area contributed by atoms with Crippen LogP contribution in [0.25, 0.3) is 22.1 Å². The molecule has 0 bridgehead atoms. The molecule has 0 fully saturated rings. The van der Waals surface area contributed by atoms with Gasteiger partial charge in [0.25, 0.3) is 0 Å². The zero-order chi connectivity index (χ0) is 19.7. The van der Waals surface area contributed by atoms with Gasteiger partial charge in [-0.25, -0.2) is 4.39 Å². The van der Waals surface area contributed by atoms with Crippen molar-refractivity contribution in [1.82, 2.24) is 4.98 Å². The van der Waals surface area contributed by atoms with Crippen molar-refractivity contribution in [3.8, 4) is 5.88 Å². The molecule has 1 aromatic carbocycles. The predicted molar refractivity (Wildman–Crippen MR) is 84.7 cm³/mol. The van der Waals surface area contributed by atoms with E-state index in [-0.39, 0.29) is 10.8 Å². The molecule has 0 saturated carbocycles. The molecule has 6 nitrogen and oxygen atoms in total. The fraction of sp³-hybridized carbons (Fsp3) is 0.200. The Bertz CT molecular complexity index is 1120. The lowest BCUT2D eigenvalue weighted by atomic mass is 10.2. The summed E-state index contributed by atoms with van der Waals surface area (Å²) in [4.78, 5) is 15.6. The average molecular weight is 393 g/mol. The number of hydrogen-bond acceptors (Lipinski definition) is 6. The first-order valence-corrected chi connectivity index (χ1v) is 8.54. The summed E-state index contributed by atoms with van der Waals surface area (Å²) >= 11 is 0. The van der Waals surface area contributed by atoms with Crippen LogP contribution < -0.4 is 9.61 Å². The molecule has 0 aliphatic heterocycles. The van der Waals surface area contributed by atoms with Crippen molar-refractivity contribution in [2.24, 2.45) is 0 Å². The second-order valence-corrected chi connectivity index (χ2v) is 6.07. The molecule has 0 aliphatic carbocycles. The summed E-state index contributed by atoms with van der Waals surface area (Å²) in [6.07, 6.45) is 0. The Labute approximate surface area is 144 Å². The highest BCUT2D eigenvalue weighted by Crippen LogP contribution is 2.27. The highest BCUT2D eigenvalue weighted by Gasteiger charge is 2.48. The third kappa shape index (κ3) is 3.47. The molecule has 0 radical (unpaired) electrons. The minimum atomic E-state index is -5.94. The minimum Gasteiger partial charge on any atom is -0.434 e. The number of nitrogens with zero attached hydrogens (tertiary/aromatic N) is 1. The molecule has 2 heterocycles. The normalized spacial score (nSPS) is 11.9. The molecule has 2 aromatic heterocycles. The van der Waals surface area contributed by atoms with Gasteiger partial charge < -0.3 is 8.60 Å². The Morgan fingerprint density at radius 1 is 1.08 bits per heavy atom. The van der Waals surface area contributed by atoms with Crippen LogP contribution in [0.2, 0.25) is 0 Å². The van der Waals surface area contributed by atoms with E-state index in [1.54, 1.807) is 0 Å². The summed E-state index contributed by atoms with van der Waals surface area (Å²) in [5, 5.41) is -0.272. The molecule has 26 heavy (non-hydrogen) atoms. The Kier molecular flexibility index (Phi) is 5.21. The number of halogens is 4. The van der Waals surface area contributed by atoms with Crippen LogP contribution in [0.15, 0.2) is 39.5 Å². The molecule has 0 saturated heterocycles. The molecule has 0 atom stereocenters. The van der Waals surface area contributed by atoms with E-state index in [1.165, 1.54) is 12.1 Å². The van der Waals surface area contributed by atoms with Gasteiger partial charge in [0.05, 0.1) is 10.8 Å². The monoisotopic (exact) mass is 393 g/mol. The van der Waals surface area contributed by atoms with Crippen molar-refractivity contribution in [2.45, 2.75) is 19.4 Å². The van der Waals surface area contributed by atoms with E-state index in [9.17, 15) is 30.8 Å². The lowest BCUT2D eigenvalue weighted by molar-refractivity contribution is -0.0501. The molecular weight excluding hydrogens is 382 g/mol. The van der Waals surface area contributed by atoms with Crippen molar-refractivity contribution in [2.75, 3.05) is 0 Å². The lowest BCUT2D eigenvalue weighted by Gasteiger charge is -2.09. The van der Waals surface area contributed by atoms with Gasteiger partial charge >= 0.3 is 15.6 Å². The van der Waals surface area contributed by atoms with E-state index < -0.39 is 44.0 Å². The second-order valence-electron chi connectivity index (χ2n) is 4.53. The minimum absolute atomic E-state index is 0.0964. The maximum Gasteiger partial charge on any atom is 0.534 e. The molecular formula is C15H11F4NO5S. The van der Waals surface area contributed by atoms with Crippen molar-refractivity contribution in [3.63, 3.8) is 0 Å². The molecule has 0 N–H and O–H groups in total. The zero-order valence-electron chi connectivity index (χ0n) is 13.3. The first-order chi connectivity index (χ1) is 12.1. The van der Waals surface area contributed by atoms with Crippen LogP contribution in [0.3, 0.4) is 0 Å². The van der Waals surface area contributed by atoms with E-state index in [2.05, 4.69) is 9.17 Å². The largest absolute Gasteiger partial charge is 0.534 e. The Balaban J connectivity index is 0.00000117. The smallest absolute Gasteiger partial charge is 0.434 e. The van der Waals surface area contributed by atoms with Gasteiger partial charge in [0.2, 0.25) is 17.0 Å². The zero-order valence-corrected chi connectivity index (χ0v) is 14.1. The van der Waals surface area contributed by atoms with Crippen LogP contribution in [0.5, 0.6) is 5.88 Å². The van der Waals surface area contributed by atoms with E-state index >= 15 is 0 Å². The van der Waals surface area contributed by atoms with Crippen LogP contribution in [0.1, 0.15) is 13.8 Å². The number of rotatable bonds is 2. The first-order valence-electron chi connectivity index (χ1n) is 7.13. The maximum atomic E-state index is 13.7. The number of alkyl halides is 3. The van der Waals surface area contributed by atoms with Crippen molar-refractivity contribution in [3.05, 3.63) is 46.4 Å². The molecule has 140 valence electrons. The number of fused-ring (bicyclic) bond motifs is 2. The molecule has 11 heteroatoms. The Morgan fingerprint density at radius 2 is 1.73 bits per heavy atom. The summed E-state index contributed by atoms with van der Waals surface area (Å²) in [5.74, 6) is -1.86. The molecule has 3 aromatic rings. The predicted octanol–water partition coefficient (Wildman–Crippen LogP) is 3.73. The summed E-state index contributed by atoms with van der Waals surface area (Å²) < 4.78 is 81.4. The summed E-state index contributed by atoms with van der Waals surface area (Å²) in [7, 11) is -5.94. The van der Waals surface area contributed by atoms with Gasteiger partial charge in [-0.1, -0.05) is 19.9 Å². The maximum absolute atomic E-state index is 13.7. The third-order valence-electron chi connectivity index (χ3n) is 2.97. The van der Waals surface area contributed by atoms with E-state index in [0.29, 0.717) is 0 Å². The van der Waals surface area contributed by atoms with Crippen LogP contribution in [0, 0.1) is 5.82 Å². The van der Waals surface area contributed by atoms with Crippen molar-refractivity contribution < 1.29 is 34.6 Å². The quantitative estimate of drug-likeness (QED) is 0.285. The van der Waals surface area contributed by atoms with Gasteiger partial charge in [0, 0.05) is 6.07 Å². The van der Waals surface area contributed by atoms with E-state index in [4.69, 9.17) is 4.42 Å². The van der Waals surface area contributed by atoms with Gasteiger partial charge in [-0.05, 0) is 18.2 Å². The summed E-state index contributed by atoms with van der Waals surface area (Å²) in [6.45, 7) is 4.00. The van der Waals surface area contributed by atoms with Gasteiger partial charge in [-0.15, -0.1) is 0 Å². The standard InChI is InChI=1S/C13H5F4NO5S.C2H6/c14-8-3-1-2-6-10(19)7-4-5-9(18-12(7)22-11(6)8)23-24(20,21)13(15,16)17;1-2/h1-5H;1-2H3. The Hall–Kier alpha value is -2.69. The van der Waals surface area contributed by atoms with Gasteiger partial charge in [0.15, 0.2) is 11.4 Å². The molecule has 0 amide bonds. The SMILES string of the molecule is CC.O=c1c2ccc(OS(=O)(=O)C(F)(F)F)nc2oc2c(F)cccc12. The number of para-hydroxylation sites is 1. The average Bonchev–Trinajstić information content (AvgIpc) is 2.56. The van der Waals surface area contributed by atoms with E-state index in [0.717, 1.165) is 18.2 Å². The van der Waals surface area contributed by atoms with Crippen molar-refractivity contribution in [1.29, 1.82) is 0 Å². The van der Waals surface area contributed by atoms with Gasteiger partial charge in [-0.2, -0.15) is 26.6 Å². The van der Waals surface area contributed by atoms with Gasteiger partial charge in [0.1, 0.15) is 0 Å². The first kappa shape index (κ1) is 19.6. The van der Waals surface area contributed by atoms with Crippen LogP contribution in [0.4, 0.5) is 17.6 Å². The number of aromatic nitrogens is 1. The van der Waals surface area contributed by atoms with Crippen molar-refractivity contribution >= 4 is 32.2 Å². The fourth-order valence-electron chi connectivity index (χ4n) is 1.91. The highest BCUT2D eigenvalue weighted by atomic mass is 32.2. The van der Waals surface area contributed by atoms with Crippen LogP contribution in [-0.2, 0) is 10.1 Å². The van der Waals surface area contributed by atoms with Crippen LogP contribution >= 0.6 is 0 Å². The molecule has 3 rings (SSSR count). The molecule has 0 unspecified atom stereocenters. The number of hydrogen-bond donors (Lipinski definition) is 0. The third-order valence-corrected chi connectivity index (χ3v) is 3.93. The molecule has 0 spiro atoms. The highest BCUT2D eigenvalue weighted by molar-refractivity contribution is 7.87. The summed E-state index contributed by atoms with van der Waals surface area (Å²) in [6, 6.07) is 5.31. The summed E-state index contributed by atoms with van der Waals surface area (Å²) in [5.41, 5.74) is -7.35. The fourth-order valence-corrected chi connectivity index (χ4v) is 2.33. The Morgan fingerprint density at radius 3 is 2.35 bits per heavy atom. The topological polar surface area (TPSA) is 86.5 Å². The lowest BCUT2D eigenvalue weighted by Crippen LogP contribution is -2.28. The number of pyridine rings is 1. The molecule has 0 aliphatic rings. The van der Waals surface area contributed by atoms with Gasteiger partial charge in [-0.3, -0.25) is 4.79 Å². The number of benzene rings is 1.